The van der Waals surface area contributed by atoms with Gasteiger partial charge >= 0.3 is 0 Å². The Morgan fingerprint density at radius 3 is 3.00 bits per heavy atom. The molecule has 3 N–H and O–H groups in total. The van der Waals surface area contributed by atoms with Gasteiger partial charge in [0.2, 0.25) is 0 Å². The highest BCUT2D eigenvalue weighted by molar-refractivity contribution is 7.80. The first-order valence-corrected chi connectivity index (χ1v) is 9.77. The molecule has 0 saturated carbocycles. The average Bonchev–Trinajstić information content (AvgIpc) is 3.31. The van der Waals surface area contributed by atoms with E-state index in [1.807, 2.05) is 30.3 Å². The molecule has 2 heterocycles. The number of fused-ring (bicyclic) bond motifs is 1. The van der Waals surface area contributed by atoms with Crippen molar-refractivity contribution in [3.05, 3.63) is 42.5 Å². The molecule has 1 fully saturated rings. The van der Waals surface area contributed by atoms with Crippen LogP contribution in [0.3, 0.4) is 0 Å². The fourth-order valence-corrected chi connectivity index (χ4v) is 4.15. The van der Waals surface area contributed by atoms with Crippen molar-refractivity contribution in [3.8, 4) is 16.3 Å². The Morgan fingerprint density at radius 2 is 2.19 bits per heavy atom. The molecular weight excluding hydrogens is 366 g/mol. The highest BCUT2D eigenvalue weighted by Crippen LogP contribution is 2.36. The van der Waals surface area contributed by atoms with Crippen molar-refractivity contribution in [3.63, 3.8) is 0 Å². The summed E-state index contributed by atoms with van der Waals surface area (Å²) >= 11 is 6.92. The summed E-state index contributed by atoms with van der Waals surface area (Å²) in [5.74, 6) is 0.202. The minimum atomic E-state index is 0.202. The van der Waals surface area contributed by atoms with Crippen molar-refractivity contribution in [2.45, 2.75) is 18.9 Å². The van der Waals surface area contributed by atoms with E-state index < -0.39 is 0 Å². The number of nitrogens with zero attached hydrogens (tertiary/aromatic N) is 1. The topological polar surface area (TPSA) is 66.4 Å². The monoisotopic (exact) mass is 385 g/mol. The number of phenols is 1. The molecule has 134 valence electrons. The van der Waals surface area contributed by atoms with Crippen LogP contribution in [0, 0.1) is 0 Å². The highest BCUT2D eigenvalue weighted by Gasteiger charge is 2.16. The molecular formula is C19H19N3O2S2. The maximum absolute atomic E-state index is 10.3. The molecule has 0 bridgehead atoms. The summed E-state index contributed by atoms with van der Waals surface area (Å²) in [5, 5.41) is 18.0. The van der Waals surface area contributed by atoms with Gasteiger partial charge in [-0.05, 0) is 55.4 Å². The largest absolute Gasteiger partial charge is 0.507 e. The molecule has 1 atom stereocenters. The first kappa shape index (κ1) is 17.2. The molecule has 2 aromatic carbocycles. The van der Waals surface area contributed by atoms with Crippen LogP contribution in [0.2, 0.25) is 0 Å². The third-order valence-electron chi connectivity index (χ3n) is 4.29. The maximum atomic E-state index is 10.3. The van der Waals surface area contributed by atoms with E-state index in [-0.39, 0.29) is 11.9 Å². The lowest BCUT2D eigenvalue weighted by Gasteiger charge is -2.14. The zero-order chi connectivity index (χ0) is 17.9. The second-order valence-electron chi connectivity index (χ2n) is 6.19. The van der Waals surface area contributed by atoms with Crippen LogP contribution in [-0.2, 0) is 4.74 Å². The summed E-state index contributed by atoms with van der Waals surface area (Å²) in [7, 11) is 0. The molecule has 3 aromatic rings. The minimum Gasteiger partial charge on any atom is -0.507 e. The lowest BCUT2D eigenvalue weighted by molar-refractivity contribution is 0.114. The smallest absolute Gasteiger partial charge is 0.170 e. The molecule has 0 spiro atoms. The SMILES string of the molecule is Oc1ccc(NC(=S)NC[C@@H]2CCCO2)cc1-c1nc2ccccc2s1. The van der Waals surface area contributed by atoms with Crippen LogP contribution >= 0.6 is 23.6 Å². The van der Waals surface area contributed by atoms with E-state index in [2.05, 4.69) is 15.6 Å². The summed E-state index contributed by atoms with van der Waals surface area (Å²) in [6, 6.07) is 13.3. The first-order valence-electron chi connectivity index (χ1n) is 8.54. The van der Waals surface area contributed by atoms with Gasteiger partial charge in [-0.1, -0.05) is 12.1 Å². The molecule has 0 aliphatic carbocycles. The lowest BCUT2D eigenvalue weighted by atomic mass is 10.2. The van der Waals surface area contributed by atoms with Gasteiger partial charge in [0.1, 0.15) is 10.8 Å². The van der Waals surface area contributed by atoms with Gasteiger partial charge in [-0.3, -0.25) is 0 Å². The Kier molecular flexibility index (Phi) is 5.01. The Balaban J connectivity index is 1.49. The number of anilines is 1. The van der Waals surface area contributed by atoms with E-state index in [1.165, 1.54) is 0 Å². The van der Waals surface area contributed by atoms with E-state index in [4.69, 9.17) is 17.0 Å². The van der Waals surface area contributed by atoms with Crippen LogP contribution in [0.5, 0.6) is 5.75 Å². The van der Waals surface area contributed by atoms with Gasteiger partial charge < -0.3 is 20.5 Å². The summed E-state index contributed by atoms with van der Waals surface area (Å²) in [6.07, 6.45) is 2.40. The molecule has 1 aliphatic rings. The molecule has 1 saturated heterocycles. The van der Waals surface area contributed by atoms with Crippen molar-refractivity contribution in [2.75, 3.05) is 18.5 Å². The number of hydrogen-bond donors (Lipinski definition) is 3. The van der Waals surface area contributed by atoms with Gasteiger partial charge in [0.15, 0.2) is 5.11 Å². The van der Waals surface area contributed by atoms with Crippen molar-refractivity contribution in [2.24, 2.45) is 0 Å². The molecule has 26 heavy (non-hydrogen) atoms. The summed E-state index contributed by atoms with van der Waals surface area (Å²) < 4.78 is 6.68. The molecule has 1 aromatic heterocycles. The number of aromatic nitrogens is 1. The first-order chi connectivity index (χ1) is 12.7. The maximum Gasteiger partial charge on any atom is 0.170 e. The van der Waals surface area contributed by atoms with Crippen LogP contribution in [0.25, 0.3) is 20.8 Å². The number of rotatable bonds is 4. The van der Waals surface area contributed by atoms with Gasteiger partial charge in [-0.2, -0.15) is 0 Å². The Bertz CT molecular complexity index is 902. The van der Waals surface area contributed by atoms with Crippen molar-refractivity contribution in [1.29, 1.82) is 0 Å². The van der Waals surface area contributed by atoms with Gasteiger partial charge in [0, 0.05) is 18.8 Å². The summed E-state index contributed by atoms with van der Waals surface area (Å²) in [6.45, 7) is 1.53. The number of nitrogens with one attached hydrogen (secondary N) is 2. The molecule has 7 heteroatoms. The zero-order valence-corrected chi connectivity index (χ0v) is 15.7. The van der Waals surface area contributed by atoms with E-state index in [1.54, 1.807) is 23.5 Å². The number of para-hydroxylation sites is 1. The molecule has 0 amide bonds. The van der Waals surface area contributed by atoms with Crippen LogP contribution in [-0.4, -0.2) is 34.5 Å². The van der Waals surface area contributed by atoms with Crippen LogP contribution in [0.15, 0.2) is 42.5 Å². The standard InChI is InChI=1S/C19H19N3O2S2/c23-16-8-7-12(21-19(25)20-11-13-4-3-9-24-13)10-14(16)18-22-15-5-1-2-6-17(15)26-18/h1-2,5-8,10,13,23H,3-4,9,11H2,(H2,20,21,25)/t13-/m0/s1. The van der Waals surface area contributed by atoms with Crippen LogP contribution in [0.4, 0.5) is 5.69 Å². The number of benzene rings is 2. The van der Waals surface area contributed by atoms with Crippen LogP contribution in [0.1, 0.15) is 12.8 Å². The van der Waals surface area contributed by atoms with E-state index in [9.17, 15) is 5.11 Å². The van der Waals surface area contributed by atoms with Crippen molar-refractivity contribution in [1.82, 2.24) is 10.3 Å². The van der Waals surface area contributed by atoms with Gasteiger partial charge in [0.05, 0.1) is 21.9 Å². The van der Waals surface area contributed by atoms with E-state index in [0.717, 1.165) is 40.4 Å². The predicted octanol–water partition coefficient (Wildman–Crippen LogP) is 4.13. The third kappa shape index (κ3) is 3.80. The van der Waals surface area contributed by atoms with E-state index >= 15 is 0 Å². The number of hydrogen-bond acceptors (Lipinski definition) is 5. The van der Waals surface area contributed by atoms with Gasteiger partial charge in [-0.25, -0.2) is 4.98 Å². The number of thiocarbonyl (C=S) groups is 1. The lowest BCUT2D eigenvalue weighted by Crippen LogP contribution is -2.34. The summed E-state index contributed by atoms with van der Waals surface area (Å²) in [5.41, 5.74) is 2.43. The molecule has 5 nitrogen and oxygen atoms in total. The number of phenolic OH excluding ortho intramolecular Hbond substituents is 1. The molecule has 1 aliphatic heterocycles. The average molecular weight is 386 g/mol. The molecule has 4 rings (SSSR count). The number of ether oxygens (including phenoxy) is 1. The van der Waals surface area contributed by atoms with Gasteiger partial charge in [0.25, 0.3) is 0 Å². The van der Waals surface area contributed by atoms with Crippen LogP contribution < -0.4 is 10.6 Å². The quantitative estimate of drug-likeness (QED) is 0.463. The van der Waals surface area contributed by atoms with Crippen molar-refractivity contribution < 1.29 is 9.84 Å². The highest BCUT2D eigenvalue weighted by atomic mass is 32.1. The fourth-order valence-electron chi connectivity index (χ4n) is 2.96. The number of aromatic hydroxyl groups is 1. The zero-order valence-electron chi connectivity index (χ0n) is 14.1. The van der Waals surface area contributed by atoms with Gasteiger partial charge in [-0.15, -0.1) is 11.3 Å². The second kappa shape index (κ2) is 7.57. The Morgan fingerprint density at radius 1 is 1.31 bits per heavy atom. The molecule has 0 unspecified atom stereocenters. The van der Waals surface area contributed by atoms with Crippen molar-refractivity contribution >= 4 is 44.6 Å². The Hall–Kier alpha value is -2.22. The predicted molar refractivity (Wildman–Crippen MR) is 110 cm³/mol. The number of thiazole rings is 1. The molecule has 0 radical (unpaired) electrons. The Labute approximate surface area is 161 Å². The third-order valence-corrected chi connectivity index (χ3v) is 5.61. The summed E-state index contributed by atoms with van der Waals surface area (Å²) in [4.78, 5) is 4.62. The fraction of sp³-hybridized carbons (Fsp3) is 0.263. The minimum absolute atomic E-state index is 0.202. The normalized spacial score (nSPS) is 16.7. The second-order valence-corrected chi connectivity index (χ2v) is 7.63. The van der Waals surface area contributed by atoms with E-state index in [0.29, 0.717) is 17.2 Å².